The van der Waals surface area contributed by atoms with E-state index in [9.17, 15) is 19.6 Å². The first kappa shape index (κ1) is 23.4. The van der Waals surface area contributed by atoms with E-state index in [0.717, 1.165) is 5.56 Å². The number of carbonyl (C=O) groups is 3. The molecule has 8 heteroatoms. The number of benzene rings is 2. The minimum atomic E-state index is -1.04. The van der Waals surface area contributed by atoms with Gasteiger partial charge in [0.15, 0.2) is 0 Å². The minimum absolute atomic E-state index is 0.0635. The molecule has 3 amide bonds. The molecule has 0 aliphatic heterocycles. The Morgan fingerprint density at radius 1 is 1.03 bits per heavy atom. The molecule has 0 fully saturated rings. The molecule has 0 aliphatic carbocycles. The zero-order valence-electron chi connectivity index (χ0n) is 17.5. The number of carbonyl (C=O) groups excluding carboxylic acids is 3. The predicted octanol–water partition coefficient (Wildman–Crippen LogP) is 2.02. The molecule has 0 spiro atoms. The Hall–Kier alpha value is -3.86. The topological polar surface area (TPSA) is 134 Å². The Labute approximate surface area is 181 Å². The van der Waals surface area contributed by atoms with Crippen LogP contribution in [0.4, 0.5) is 4.79 Å². The van der Waals surface area contributed by atoms with Crippen LogP contribution in [0.25, 0.3) is 0 Å². The normalized spacial score (nSPS) is 12.3. The quantitative estimate of drug-likeness (QED) is 0.568. The summed E-state index contributed by atoms with van der Waals surface area (Å²) >= 11 is 0. The van der Waals surface area contributed by atoms with Gasteiger partial charge in [0, 0.05) is 6.42 Å². The number of nitrogens with two attached hydrogens (primary N) is 1. The molecule has 0 saturated carbocycles. The van der Waals surface area contributed by atoms with Crippen LogP contribution in [0.3, 0.4) is 0 Å². The Morgan fingerprint density at radius 2 is 1.68 bits per heavy atom. The van der Waals surface area contributed by atoms with E-state index in [2.05, 4.69) is 10.6 Å². The third-order valence-electron chi connectivity index (χ3n) is 4.66. The van der Waals surface area contributed by atoms with Gasteiger partial charge in [-0.15, -0.1) is 0 Å². The molecule has 2 atom stereocenters. The second kappa shape index (κ2) is 11.4. The minimum Gasteiger partial charge on any atom is -0.445 e. The van der Waals surface area contributed by atoms with E-state index in [1.807, 2.05) is 36.4 Å². The fourth-order valence-electron chi connectivity index (χ4n) is 2.94. The second-order valence-corrected chi connectivity index (χ2v) is 7.36. The second-order valence-electron chi connectivity index (χ2n) is 7.36. The zero-order chi connectivity index (χ0) is 22.8. The fourth-order valence-corrected chi connectivity index (χ4v) is 2.94. The van der Waals surface area contributed by atoms with Gasteiger partial charge in [-0.3, -0.25) is 9.59 Å². The van der Waals surface area contributed by atoms with Crippen LogP contribution < -0.4 is 16.4 Å². The van der Waals surface area contributed by atoms with Crippen LogP contribution in [0.5, 0.6) is 0 Å². The molecule has 0 unspecified atom stereocenters. The molecule has 2 aromatic rings. The van der Waals surface area contributed by atoms with Crippen molar-refractivity contribution in [1.82, 2.24) is 10.6 Å². The van der Waals surface area contributed by atoms with Crippen molar-refractivity contribution >= 4 is 17.9 Å². The van der Waals surface area contributed by atoms with Gasteiger partial charge in [0.2, 0.25) is 11.8 Å². The van der Waals surface area contributed by atoms with Gasteiger partial charge in [0.25, 0.3) is 0 Å². The van der Waals surface area contributed by atoms with Crippen molar-refractivity contribution in [3.63, 3.8) is 0 Å². The van der Waals surface area contributed by atoms with Crippen molar-refractivity contribution in [3.8, 4) is 6.07 Å². The van der Waals surface area contributed by atoms with Crippen LogP contribution in [0.2, 0.25) is 0 Å². The zero-order valence-corrected chi connectivity index (χ0v) is 17.5. The monoisotopic (exact) mass is 422 g/mol. The average Bonchev–Trinajstić information content (AvgIpc) is 2.76. The van der Waals surface area contributed by atoms with Crippen molar-refractivity contribution in [1.29, 1.82) is 5.26 Å². The maximum absolute atomic E-state index is 12.8. The maximum Gasteiger partial charge on any atom is 0.408 e. The standard InChI is InChI=1S/C23H26N4O4/c1-15(2)20(27-23(30)31-14-16-8-4-3-5-9-16)22(29)26-19(21(25)28)12-17-10-6-7-11-18(17)13-24/h3-11,15,19-20H,12,14H2,1-2H3,(H2,25,28)(H,26,29)(H,27,30)/t19-,20+/m0/s1. The summed E-state index contributed by atoms with van der Waals surface area (Å²) in [6, 6.07) is 16.0. The van der Waals surface area contributed by atoms with Gasteiger partial charge < -0.3 is 21.1 Å². The highest BCUT2D eigenvalue weighted by Crippen LogP contribution is 2.11. The lowest BCUT2D eigenvalue weighted by atomic mass is 9.99. The number of nitrogens with one attached hydrogen (secondary N) is 2. The molecule has 2 aromatic carbocycles. The lowest BCUT2D eigenvalue weighted by molar-refractivity contribution is -0.129. The Morgan fingerprint density at radius 3 is 2.29 bits per heavy atom. The lowest BCUT2D eigenvalue weighted by Crippen LogP contribution is -2.55. The molecule has 8 nitrogen and oxygen atoms in total. The number of hydrogen-bond acceptors (Lipinski definition) is 5. The van der Waals surface area contributed by atoms with Gasteiger partial charge in [-0.25, -0.2) is 4.79 Å². The van der Waals surface area contributed by atoms with Gasteiger partial charge in [-0.1, -0.05) is 62.4 Å². The molecule has 4 N–H and O–H groups in total. The van der Waals surface area contributed by atoms with Gasteiger partial charge in [-0.05, 0) is 23.1 Å². The molecule has 0 heterocycles. The smallest absolute Gasteiger partial charge is 0.408 e. The van der Waals surface area contributed by atoms with Crippen molar-refractivity contribution in [2.24, 2.45) is 11.7 Å². The van der Waals surface area contributed by atoms with Crippen LogP contribution in [0, 0.1) is 17.2 Å². The first-order valence-corrected chi connectivity index (χ1v) is 9.86. The highest BCUT2D eigenvalue weighted by Gasteiger charge is 2.29. The number of alkyl carbamates (subject to hydrolysis) is 1. The summed E-state index contributed by atoms with van der Waals surface area (Å²) in [5, 5.41) is 14.4. The molecule has 2 rings (SSSR count). The number of rotatable bonds is 9. The first-order valence-electron chi connectivity index (χ1n) is 9.86. The molecular formula is C23H26N4O4. The fraction of sp³-hybridized carbons (Fsp3) is 0.304. The summed E-state index contributed by atoms with van der Waals surface area (Å²) in [4.78, 5) is 36.9. The van der Waals surface area contributed by atoms with Crippen LogP contribution in [0.15, 0.2) is 54.6 Å². The average molecular weight is 422 g/mol. The third-order valence-corrected chi connectivity index (χ3v) is 4.66. The van der Waals surface area contributed by atoms with Gasteiger partial charge >= 0.3 is 6.09 Å². The first-order chi connectivity index (χ1) is 14.8. The van der Waals surface area contributed by atoms with E-state index in [1.54, 1.807) is 38.1 Å². The lowest BCUT2D eigenvalue weighted by Gasteiger charge is -2.24. The molecular weight excluding hydrogens is 396 g/mol. The predicted molar refractivity (Wildman–Crippen MR) is 114 cm³/mol. The van der Waals surface area contributed by atoms with Crippen molar-refractivity contribution in [3.05, 3.63) is 71.3 Å². The summed E-state index contributed by atoms with van der Waals surface area (Å²) < 4.78 is 5.18. The molecule has 0 saturated heterocycles. The molecule has 162 valence electrons. The van der Waals surface area contributed by atoms with E-state index in [4.69, 9.17) is 10.5 Å². The van der Waals surface area contributed by atoms with Crippen LogP contribution in [0.1, 0.15) is 30.5 Å². The Balaban J connectivity index is 2.02. The SMILES string of the molecule is CC(C)[C@@H](NC(=O)OCc1ccccc1)C(=O)N[C@@H](Cc1ccccc1C#N)C(N)=O. The Kier molecular flexibility index (Phi) is 8.58. The summed E-state index contributed by atoms with van der Waals surface area (Å²) in [7, 11) is 0. The van der Waals surface area contributed by atoms with Gasteiger partial charge in [-0.2, -0.15) is 5.26 Å². The van der Waals surface area contributed by atoms with Gasteiger partial charge in [0.05, 0.1) is 11.6 Å². The van der Waals surface area contributed by atoms with Crippen molar-refractivity contribution in [2.75, 3.05) is 0 Å². The summed E-state index contributed by atoms with van der Waals surface area (Å²) in [5.41, 5.74) is 7.26. The number of nitrogens with zero attached hydrogens (tertiary/aromatic N) is 1. The summed E-state index contributed by atoms with van der Waals surface area (Å²) in [6.07, 6.45) is -0.684. The number of ether oxygens (including phenoxy) is 1. The van der Waals surface area contributed by atoms with E-state index < -0.39 is 30.0 Å². The number of hydrogen-bond donors (Lipinski definition) is 3. The van der Waals surface area contributed by atoms with E-state index in [0.29, 0.717) is 11.1 Å². The summed E-state index contributed by atoms with van der Waals surface area (Å²) in [5.74, 6) is -1.58. The largest absolute Gasteiger partial charge is 0.445 e. The third kappa shape index (κ3) is 7.16. The van der Waals surface area contributed by atoms with E-state index >= 15 is 0 Å². The molecule has 0 aliphatic rings. The molecule has 0 aromatic heterocycles. The Bertz CT molecular complexity index is 954. The number of primary amides is 1. The summed E-state index contributed by atoms with van der Waals surface area (Å²) in [6.45, 7) is 3.58. The number of amides is 3. The van der Waals surface area contributed by atoms with Crippen LogP contribution in [-0.2, 0) is 27.4 Å². The molecule has 0 bridgehead atoms. The highest BCUT2D eigenvalue weighted by molar-refractivity contribution is 5.91. The van der Waals surface area contributed by atoms with Crippen LogP contribution in [-0.4, -0.2) is 30.0 Å². The van der Waals surface area contributed by atoms with Crippen molar-refractivity contribution < 1.29 is 19.1 Å². The number of nitriles is 1. The van der Waals surface area contributed by atoms with E-state index in [1.165, 1.54) is 0 Å². The molecule has 31 heavy (non-hydrogen) atoms. The van der Waals surface area contributed by atoms with Crippen molar-refractivity contribution in [2.45, 2.75) is 39.0 Å². The highest BCUT2D eigenvalue weighted by atomic mass is 16.5. The van der Waals surface area contributed by atoms with Gasteiger partial charge in [0.1, 0.15) is 18.7 Å². The van der Waals surface area contributed by atoms with E-state index in [-0.39, 0.29) is 18.9 Å². The molecule has 0 radical (unpaired) electrons. The maximum atomic E-state index is 12.8. The van der Waals surface area contributed by atoms with Crippen LogP contribution >= 0.6 is 0 Å².